The van der Waals surface area contributed by atoms with E-state index in [0.717, 1.165) is 16.2 Å². The van der Waals surface area contributed by atoms with Gasteiger partial charge in [0.05, 0.1) is 5.69 Å². The van der Waals surface area contributed by atoms with E-state index >= 15 is 0 Å². The van der Waals surface area contributed by atoms with Gasteiger partial charge in [-0.05, 0) is 58.4 Å². The fourth-order valence-corrected chi connectivity index (χ4v) is 2.37. The highest BCUT2D eigenvalue weighted by atomic mass is 79.9. The number of nitrogens with zero attached hydrogens (tertiary/aromatic N) is 2. The minimum absolute atomic E-state index is 0.215. The second-order valence-electron chi connectivity index (χ2n) is 4.87. The minimum atomic E-state index is -0.471. The Kier molecular flexibility index (Phi) is 4.81. The van der Waals surface area contributed by atoms with Crippen molar-refractivity contribution in [3.05, 3.63) is 76.5 Å². The summed E-state index contributed by atoms with van der Waals surface area (Å²) in [6.07, 6.45) is 0. The number of carbonyl (C=O) groups is 1. The lowest BCUT2D eigenvalue weighted by Crippen LogP contribution is -2.13. The molecule has 120 valence electrons. The number of para-hydroxylation sites is 1. The van der Waals surface area contributed by atoms with Crippen molar-refractivity contribution in [2.45, 2.75) is 0 Å². The summed E-state index contributed by atoms with van der Waals surface area (Å²) in [5.41, 5.74) is 1.07. The molecule has 3 aromatic rings. The molecule has 3 rings (SSSR count). The van der Waals surface area contributed by atoms with Crippen molar-refractivity contribution in [3.63, 3.8) is 0 Å². The third-order valence-electron chi connectivity index (χ3n) is 3.13. The molecule has 1 aromatic heterocycles. The molecular weight excluding hydrogens is 375 g/mol. The molecule has 0 aliphatic rings. The summed E-state index contributed by atoms with van der Waals surface area (Å²) in [5, 5.41) is 13.6. The van der Waals surface area contributed by atoms with Crippen LogP contribution in [0.1, 0.15) is 10.4 Å². The largest absolute Gasteiger partial charge is 0.338 e. The van der Waals surface area contributed by atoms with Gasteiger partial charge in [0.1, 0.15) is 5.82 Å². The quantitative estimate of drug-likeness (QED) is 0.698. The van der Waals surface area contributed by atoms with Crippen LogP contribution < -0.4 is 10.6 Å². The Morgan fingerprint density at radius 1 is 0.958 bits per heavy atom. The lowest BCUT2D eigenvalue weighted by molar-refractivity contribution is 0.102. The Hall–Kier alpha value is -2.80. The third-order valence-corrected chi connectivity index (χ3v) is 3.82. The smallest absolute Gasteiger partial charge is 0.256 e. The topological polar surface area (TPSA) is 66.9 Å². The Balaban J connectivity index is 1.68. The van der Waals surface area contributed by atoms with Gasteiger partial charge in [-0.2, -0.15) is 0 Å². The number of hydrogen-bond acceptors (Lipinski definition) is 4. The first-order chi connectivity index (χ1) is 11.6. The van der Waals surface area contributed by atoms with Gasteiger partial charge in [-0.15, -0.1) is 10.2 Å². The zero-order valence-corrected chi connectivity index (χ0v) is 13.9. The summed E-state index contributed by atoms with van der Waals surface area (Å²) in [6.45, 7) is 0. The van der Waals surface area contributed by atoms with Crippen LogP contribution in [0.25, 0.3) is 0 Å². The molecule has 2 N–H and O–H groups in total. The van der Waals surface area contributed by atoms with Crippen molar-refractivity contribution in [1.29, 1.82) is 0 Å². The van der Waals surface area contributed by atoms with Crippen LogP contribution in [-0.4, -0.2) is 16.1 Å². The van der Waals surface area contributed by atoms with Gasteiger partial charge in [-0.3, -0.25) is 4.79 Å². The fraction of sp³-hybridized carbons (Fsp3) is 0. The molecule has 0 atom stereocenters. The van der Waals surface area contributed by atoms with Crippen LogP contribution in [0.2, 0.25) is 0 Å². The lowest BCUT2D eigenvalue weighted by atomic mass is 10.2. The lowest BCUT2D eigenvalue weighted by Gasteiger charge is -2.08. The van der Waals surface area contributed by atoms with Gasteiger partial charge in [0.15, 0.2) is 11.6 Å². The number of hydrogen-bond donors (Lipinski definition) is 2. The Morgan fingerprint density at radius 2 is 1.71 bits per heavy atom. The molecule has 0 fully saturated rings. The molecule has 1 heterocycles. The van der Waals surface area contributed by atoms with Crippen LogP contribution in [0.15, 0.2) is 65.1 Å². The monoisotopic (exact) mass is 386 g/mol. The number of anilines is 3. The summed E-state index contributed by atoms with van der Waals surface area (Å²) < 4.78 is 14.0. The molecule has 0 bridgehead atoms. The first-order valence-corrected chi connectivity index (χ1v) is 7.83. The fourth-order valence-electron chi connectivity index (χ4n) is 1.98. The SMILES string of the molecule is O=C(Nc1ccc(Nc2ccccc2Br)nn1)c1cccc(F)c1. The molecule has 2 aromatic carbocycles. The molecule has 0 unspecified atom stereocenters. The maximum atomic E-state index is 13.1. The van der Waals surface area contributed by atoms with Gasteiger partial charge in [0.25, 0.3) is 5.91 Å². The number of nitrogens with one attached hydrogen (secondary N) is 2. The van der Waals surface area contributed by atoms with Gasteiger partial charge in [0.2, 0.25) is 0 Å². The Labute approximate surface area is 146 Å². The van der Waals surface area contributed by atoms with Crippen molar-refractivity contribution in [1.82, 2.24) is 10.2 Å². The van der Waals surface area contributed by atoms with Crippen LogP contribution in [0.5, 0.6) is 0 Å². The van der Waals surface area contributed by atoms with Gasteiger partial charge < -0.3 is 10.6 Å². The van der Waals surface area contributed by atoms with Crippen molar-refractivity contribution in [3.8, 4) is 0 Å². The van der Waals surface area contributed by atoms with Crippen LogP contribution in [0, 0.1) is 5.82 Å². The molecule has 0 radical (unpaired) electrons. The summed E-state index contributed by atoms with van der Waals surface area (Å²) in [4.78, 5) is 12.0. The Morgan fingerprint density at radius 3 is 2.42 bits per heavy atom. The van der Waals surface area contributed by atoms with Crippen LogP contribution >= 0.6 is 15.9 Å². The van der Waals surface area contributed by atoms with Gasteiger partial charge in [0, 0.05) is 10.0 Å². The van der Waals surface area contributed by atoms with Crippen LogP contribution in [0.4, 0.5) is 21.7 Å². The summed E-state index contributed by atoms with van der Waals surface area (Å²) in [6, 6.07) is 16.3. The van der Waals surface area contributed by atoms with Gasteiger partial charge in [-0.1, -0.05) is 18.2 Å². The third kappa shape index (κ3) is 3.94. The normalized spacial score (nSPS) is 10.2. The van der Waals surface area contributed by atoms with Crippen LogP contribution in [-0.2, 0) is 0 Å². The zero-order chi connectivity index (χ0) is 16.9. The zero-order valence-electron chi connectivity index (χ0n) is 12.3. The Bertz CT molecular complexity index is 870. The number of rotatable bonds is 4. The average Bonchev–Trinajstić information content (AvgIpc) is 2.58. The predicted octanol–water partition coefficient (Wildman–Crippen LogP) is 4.37. The van der Waals surface area contributed by atoms with E-state index in [9.17, 15) is 9.18 Å². The maximum Gasteiger partial charge on any atom is 0.256 e. The number of halogens is 2. The van der Waals surface area contributed by atoms with Crippen molar-refractivity contribution >= 4 is 39.2 Å². The summed E-state index contributed by atoms with van der Waals surface area (Å²) in [5.74, 6) is -0.107. The van der Waals surface area contributed by atoms with E-state index in [1.165, 1.54) is 18.2 Å². The van der Waals surface area contributed by atoms with E-state index in [1.54, 1.807) is 12.1 Å². The molecule has 0 aliphatic carbocycles. The summed E-state index contributed by atoms with van der Waals surface area (Å²) in [7, 11) is 0. The van der Waals surface area contributed by atoms with Crippen molar-refractivity contribution in [2.24, 2.45) is 0 Å². The number of amides is 1. The first-order valence-electron chi connectivity index (χ1n) is 7.04. The highest BCUT2D eigenvalue weighted by Gasteiger charge is 2.08. The van der Waals surface area contributed by atoms with Gasteiger partial charge in [-0.25, -0.2) is 4.39 Å². The second-order valence-corrected chi connectivity index (χ2v) is 5.73. The molecule has 0 spiro atoms. The maximum absolute atomic E-state index is 13.1. The molecular formula is C17H12BrFN4O. The standard InChI is InChI=1S/C17H12BrFN4O/c18-13-6-1-2-7-14(13)20-15-8-9-16(23-22-15)21-17(24)11-4-3-5-12(19)10-11/h1-10H,(H,20,22)(H,21,23,24). The average molecular weight is 387 g/mol. The minimum Gasteiger partial charge on any atom is -0.338 e. The molecule has 5 nitrogen and oxygen atoms in total. The number of benzene rings is 2. The second kappa shape index (κ2) is 7.18. The van der Waals surface area contributed by atoms with E-state index in [4.69, 9.17) is 0 Å². The molecule has 0 aliphatic heterocycles. The highest BCUT2D eigenvalue weighted by Crippen LogP contribution is 2.24. The van der Waals surface area contributed by atoms with E-state index < -0.39 is 11.7 Å². The molecule has 0 saturated carbocycles. The van der Waals surface area contributed by atoms with Crippen molar-refractivity contribution < 1.29 is 9.18 Å². The summed E-state index contributed by atoms with van der Waals surface area (Å²) >= 11 is 3.43. The molecule has 1 amide bonds. The molecule has 0 saturated heterocycles. The number of aromatic nitrogens is 2. The predicted molar refractivity (Wildman–Crippen MR) is 93.8 cm³/mol. The molecule has 7 heteroatoms. The number of carbonyl (C=O) groups excluding carboxylic acids is 1. The molecule has 24 heavy (non-hydrogen) atoms. The van der Waals surface area contributed by atoms with E-state index in [-0.39, 0.29) is 11.4 Å². The van der Waals surface area contributed by atoms with E-state index in [0.29, 0.717) is 5.82 Å². The first kappa shape index (κ1) is 16.1. The van der Waals surface area contributed by atoms with E-state index in [1.807, 2.05) is 24.3 Å². The van der Waals surface area contributed by atoms with E-state index in [2.05, 4.69) is 36.8 Å². The highest BCUT2D eigenvalue weighted by molar-refractivity contribution is 9.10. The van der Waals surface area contributed by atoms with Crippen LogP contribution in [0.3, 0.4) is 0 Å². The van der Waals surface area contributed by atoms with Gasteiger partial charge >= 0.3 is 0 Å². The van der Waals surface area contributed by atoms with Crippen molar-refractivity contribution in [2.75, 3.05) is 10.6 Å².